The second-order valence-electron chi connectivity index (χ2n) is 4.49. The molecule has 1 aromatic rings. The molecule has 1 saturated heterocycles. The highest BCUT2D eigenvalue weighted by molar-refractivity contribution is 5.74. The third kappa shape index (κ3) is 3.60. The Morgan fingerprint density at radius 1 is 1.47 bits per heavy atom. The van der Waals surface area contributed by atoms with Gasteiger partial charge in [0.15, 0.2) is 5.82 Å². The lowest BCUT2D eigenvalue weighted by Crippen LogP contribution is -2.52. The van der Waals surface area contributed by atoms with Crippen LogP contribution in [-0.4, -0.2) is 62.5 Å². The number of anilines is 1. The van der Waals surface area contributed by atoms with Gasteiger partial charge in [0.1, 0.15) is 5.76 Å². The SMILES string of the molecule is COCCNC(=O)N1CCN(c2cc(C)on2)CC1. The van der Waals surface area contributed by atoms with Crippen LogP contribution in [0.1, 0.15) is 5.76 Å². The molecule has 0 spiro atoms. The van der Waals surface area contributed by atoms with Crippen LogP contribution in [-0.2, 0) is 4.74 Å². The van der Waals surface area contributed by atoms with Crippen molar-refractivity contribution in [2.75, 3.05) is 51.3 Å². The number of methoxy groups -OCH3 is 1. The first-order valence-electron chi connectivity index (χ1n) is 6.40. The molecular formula is C12H20N4O3. The first-order valence-corrected chi connectivity index (χ1v) is 6.40. The molecule has 0 aliphatic carbocycles. The summed E-state index contributed by atoms with van der Waals surface area (Å²) in [4.78, 5) is 15.8. The number of carbonyl (C=O) groups excluding carboxylic acids is 1. The molecule has 0 aromatic carbocycles. The largest absolute Gasteiger partial charge is 0.383 e. The van der Waals surface area contributed by atoms with Crippen LogP contribution >= 0.6 is 0 Å². The molecule has 0 bridgehead atoms. The monoisotopic (exact) mass is 268 g/mol. The number of piperazine rings is 1. The number of carbonyl (C=O) groups is 1. The second kappa shape index (κ2) is 6.42. The number of hydrogen-bond donors (Lipinski definition) is 1. The predicted octanol–water partition coefficient (Wildman–Crippen LogP) is 0.461. The van der Waals surface area contributed by atoms with Gasteiger partial charge in [-0.05, 0) is 6.92 Å². The Bertz CT molecular complexity index is 413. The zero-order valence-electron chi connectivity index (χ0n) is 11.4. The number of rotatable bonds is 4. The van der Waals surface area contributed by atoms with Crippen LogP contribution in [0.15, 0.2) is 10.6 Å². The van der Waals surface area contributed by atoms with Crippen molar-refractivity contribution in [1.82, 2.24) is 15.4 Å². The summed E-state index contributed by atoms with van der Waals surface area (Å²) in [6.45, 7) is 5.85. The highest BCUT2D eigenvalue weighted by atomic mass is 16.5. The highest BCUT2D eigenvalue weighted by Crippen LogP contribution is 2.15. The highest BCUT2D eigenvalue weighted by Gasteiger charge is 2.22. The Balaban J connectivity index is 1.77. The van der Waals surface area contributed by atoms with Gasteiger partial charge in [-0.2, -0.15) is 0 Å². The summed E-state index contributed by atoms with van der Waals surface area (Å²) in [5, 5.41) is 6.81. The lowest BCUT2D eigenvalue weighted by Gasteiger charge is -2.34. The van der Waals surface area contributed by atoms with Crippen molar-refractivity contribution in [3.63, 3.8) is 0 Å². The van der Waals surface area contributed by atoms with Gasteiger partial charge in [0.05, 0.1) is 6.61 Å². The maximum Gasteiger partial charge on any atom is 0.317 e. The van der Waals surface area contributed by atoms with Gasteiger partial charge in [0.2, 0.25) is 0 Å². The smallest absolute Gasteiger partial charge is 0.317 e. The first-order chi connectivity index (χ1) is 9.20. The lowest BCUT2D eigenvalue weighted by atomic mass is 10.3. The molecule has 0 saturated carbocycles. The van der Waals surface area contributed by atoms with Gasteiger partial charge >= 0.3 is 6.03 Å². The molecule has 1 aliphatic rings. The molecule has 19 heavy (non-hydrogen) atoms. The fourth-order valence-corrected chi connectivity index (χ4v) is 2.01. The summed E-state index contributed by atoms with van der Waals surface area (Å²) in [6, 6.07) is 1.88. The third-order valence-corrected chi connectivity index (χ3v) is 3.09. The van der Waals surface area contributed by atoms with E-state index in [0.29, 0.717) is 26.2 Å². The number of nitrogens with one attached hydrogen (secondary N) is 1. The van der Waals surface area contributed by atoms with E-state index in [9.17, 15) is 4.79 Å². The Hall–Kier alpha value is -1.76. The van der Waals surface area contributed by atoms with Crippen LogP contribution in [0.4, 0.5) is 10.6 Å². The summed E-state index contributed by atoms with van der Waals surface area (Å²) in [6.07, 6.45) is 0. The fraction of sp³-hybridized carbons (Fsp3) is 0.667. The van der Waals surface area contributed by atoms with Crippen LogP contribution < -0.4 is 10.2 Å². The van der Waals surface area contributed by atoms with Gasteiger partial charge in [-0.25, -0.2) is 4.79 Å². The molecule has 0 atom stereocenters. The van der Waals surface area contributed by atoms with E-state index < -0.39 is 0 Å². The van der Waals surface area contributed by atoms with Gasteiger partial charge in [-0.15, -0.1) is 0 Å². The molecular weight excluding hydrogens is 248 g/mol. The Morgan fingerprint density at radius 2 is 2.21 bits per heavy atom. The van der Waals surface area contributed by atoms with Crippen molar-refractivity contribution in [2.45, 2.75) is 6.92 Å². The maximum atomic E-state index is 11.8. The third-order valence-electron chi connectivity index (χ3n) is 3.09. The van der Waals surface area contributed by atoms with Crippen molar-refractivity contribution in [3.05, 3.63) is 11.8 Å². The van der Waals surface area contributed by atoms with E-state index in [-0.39, 0.29) is 6.03 Å². The molecule has 2 heterocycles. The molecule has 1 aromatic heterocycles. The Morgan fingerprint density at radius 3 is 2.79 bits per heavy atom. The van der Waals surface area contributed by atoms with Crippen LogP contribution in [0.3, 0.4) is 0 Å². The second-order valence-corrected chi connectivity index (χ2v) is 4.49. The zero-order valence-corrected chi connectivity index (χ0v) is 11.4. The van der Waals surface area contributed by atoms with Crippen LogP contribution in [0.25, 0.3) is 0 Å². The number of amides is 2. The van der Waals surface area contributed by atoms with Gasteiger partial charge in [0, 0.05) is 45.9 Å². The number of nitrogens with zero attached hydrogens (tertiary/aromatic N) is 3. The van der Waals surface area contributed by atoms with Crippen molar-refractivity contribution in [2.24, 2.45) is 0 Å². The quantitative estimate of drug-likeness (QED) is 0.803. The normalized spacial score (nSPS) is 15.7. The molecule has 1 aliphatic heterocycles. The van der Waals surface area contributed by atoms with Crippen LogP contribution in [0.5, 0.6) is 0 Å². The Labute approximate surface area is 112 Å². The molecule has 0 radical (unpaired) electrons. The van der Waals surface area contributed by atoms with Crippen LogP contribution in [0.2, 0.25) is 0 Å². The molecule has 2 rings (SSSR count). The average Bonchev–Trinajstić information content (AvgIpc) is 2.86. The number of aromatic nitrogens is 1. The standard InChI is InChI=1S/C12H20N4O3/c1-10-9-11(14-19-10)15-4-6-16(7-5-15)12(17)13-3-8-18-2/h9H,3-8H2,1-2H3,(H,13,17). The molecule has 1 fully saturated rings. The number of ether oxygens (including phenoxy) is 1. The minimum absolute atomic E-state index is 0.0342. The van der Waals surface area contributed by atoms with E-state index in [4.69, 9.17) is 9.26 Å². The lowest BCUT2D eigenvalue weighted by molar-refractivity contribution is 0.177. The minimum atomic E-state index is -0.0342. The number of urea groups is 1. The predicted molar refractivity (Wildman–Crippen MR) is 70.3 cm³/mol. The molecule has 0 unspecified atom stereocenters. The molecule has 7 nitrogen and oxygen atoms in total. The van der Waals surface area contributed by atoms with E-state index in [0.717, 1.165) is 24.7 Å². The first kappa shape index (κ1) is 13.7. The van der Waals surface area contributed by atoms with Crippen LogP contribution in [0, 0.1) is 6.92 Å². The van der Waals surface area contributed by atoms with E-state index in [1.54, 1.807) is 12.0 Å². The zero-order chi connectivity index (χ0) is 13.7. The maximum absolute atomic E-state index is 11.8. The Kier molecular flexibility index (Phi) is 4.62. The van der Waals surface area contributed by atoms with Gasteiger partial charge in [0.25, 0.3) is 0 Å². The summed E-state index contributed by atoms with van der Waals surface area (Å²) in [5.41, 5.74) is 0. The molecule has 2 amide bonds. The van der Waals surface area contributed by atoms with E-state index in [2.05, 4.69) is 15.4 Å². The van der Waals surface area contributed by atoms with Gasteiger partial charge in [-0.1, -0.05) is 5.16 Å². The van der Waals surface area contributed by atoms with Crippen molar-refractivity contribution in [1.29, 1.82) is 0 Å². The summed E-state index contributed by atoms with van der Waals surface area (Å²) >= 11 is 0. The molecule has 7 heteroatoms. The van der Waals surface area contributed by atoms with Crippen molar-refractivity contribution >= 4 is 11.8 Å². The fourth-order valence-electron chi connectivity index (χ4n) is 2.01. The van der Waals surface area contributed by atoms with Gasteiger partial charge < -0.3 is 24.4 Å². The van der Waals surface area contributed by atoms with E-state index in [1.807, 2.05) is 13.0 Å². The summed E-state index contributed by atoms with van der Waals surface area (Å²) in [5.74, 6) is 1.65. The number of hydrogen-bond acceptors (Lipinski definition) is 5. The van der Waals surface area contributed by atoms with E-state index in [1.165, 1.54) is 0 Å². The average molecular weight is 268 g/mol. The molecule has 106 valence electrons. The van der Waals surface area contributed by atoms with Gasteiger partial charge in [-0.3, -0.25) is 0 Å². The molecule has 1 N–H and O–H groups in total. The minimum Gasteiger partial charge on any atom is -0.383 e. The summed E-state index contributed by atoms with van der Waals surface area (Å²) < 4.78 is 9.96. The van der Waals surface area contributed by atoms with E-state index >= 15 is 0 Å². The summed E-state index contributed by atoms with van der Waals surface area (Å²) in [7, 11) is 1.62. The van der Waals surface area contributed by atoms with Crippen molar-refractivity contribution in [3.8, 4) is 0 Å². The topological polar surface area (TPSA) is 70.8 Å². The van der Waals surface area contributed by atoms with Crippen molar-refractivity contribution < 1.29 is 14.1 Å². The number of aryl methyl sites for hydroxylation is 1.